The Kier molecular flexibility index (Phi) is 5.76. The van der Waals surface area contributed by atoms with Gasteiger partial charge in [0.25, 0.3) is 0 Å². The molecule has 0 atom stereocenters. The number of anilines is 1. The van der Waals surface area contributed by atoms with Crippen molar-refractivity contribution in [3.63, 3.8) is 0 Å². The van der Waals surface area contributed by atoms with Crippen LogP contribution in [-0.2, 0) is 11.3 Å². The van der Waals surface area contributed by atoms with Gasteiger partial charge in [-0.05, 0) is 24.5 Å². The van der Waals surface area contributed by atoms with Crippen molar-refractivity contribution in [1.82, 2.24) is 10.3 Å². The average molecular weight is 323 g/mol. The summed E-state index contributed by atoms with van der Waals surface area (Å²) in [5.41, 5.74) is 1.01. The smallest absolute Gasteiger partial charge is 0.217 e. The van der Waals surface area contributed by atoms with Crippen LogP contribution in [0.15, 0.2) is 17.5 Å². The second-order valence-corrected chi connectivity index (χ2v) is 7.35. The van der Waals surface area contributed by atoms with Crippen molar-refractivity contribution < 1.29 is 4.79 Å². The lowest BCUT2D eigenvalue weighted by molar-refractivity contribution is -0.119. The summed E-state index contributed by atoms with van der Waals surface area (Å²) in [6.45, 7) is 7.52. The van der Waals surface area contributed by atoms with Gasteiger partial charge in [0.05, 0.1) is 17.1 Å². The van der Waals surface area contributed by atoms with Crippen LogP contribution in [0.1, 0.15) is 32.1 Å². The van der Waals surface area contributed by atoms with Crippen molar-refractivity contribution in [2.75, 3.05) is 11.9 Å². The summed E-state index contributed by atoms with van der Waals surface area (Å²) in [5, 5.41) is 9.23. The molecule has 2 aromatic heterocycles. The van der Waals surface area contributed by atoms with Crippen molar-refractivity contribution >= 4 is 33.7 Å². The Hall–Kier alpha value is -1.40. The summed E-state index contributed by atoms with van der Waals surface area (Å²) in [7, 11) is 0. The minimum Gasteiger partial charge on any atom is -0.361 e. The molecule has 2 aromatic rings. The number of nitrogens with one attached hydrogen (secondary N) is 2. The first-order valence-electron chi connectivity index (χ1n) is 7.07. The van der Waals surface area contributed by atoms with Gasteiger partial charge in [0.1, 0.15) is 0 Å². The highest BCUT2D eigenvalue weighted by molar-refractivity contribution is 7.17. The summed E-state index contributed by atoms with van der Waals surface area (Å²) in [4.78, 5) is 17.8. The molecule has 2 heterocycles. The summed E-state index contributed by atoms with van der Waals surface area (Å²) in [5.74, 6) is 0.695. The molecule has 0 aliphatic carbocycles. The number of thiazole rings is 1. The van der Waals surface area contributed by atoms with Gasteiger partial charge in [-0.25, -0.2) is 4.98 Å². The van der Waals surface area contributed by atoms with E-state index in [9.17, 15) is 4.79 Å². The molecule has 1 amide bonds. The standard InChI is InChI=1S/C15H21N3OS2/c1-10(2)6-7-16-15-18-13(9-20-15)14-5-4-12(21-14)8-17-11(3)19/h4-5,9-10H,6-8H2,1-3H3,(H,16,18)(H,17,19). The van der Waals surface area contributed by atoms with Crippen molar-refractivity contribution in [3.05, 3.63) is 22.4 Å². The molecule has 0 fully saturated rings. The SMILES string of the molecule is CC(=O)NCc1ccc(-c2csc(NCCC(C)C)n2)s1. The fourth-order valence-corrected chi connectivity index (χ4v) is 3.48. The number of thiophene rings is 1. The number of aromatic nitrogens is 1. The maximum absolute atomic E-state index is 10.9. The lowest BCUT2D eigenvalue weighted by Gasteiger charge is -2.04. The largest absolute Gasteiger partial charge is 0.361 e. The van der Waals surface area contributed by atoms with E-state index in [-0.39, 0.29) is 5.91 Å². The van der Waals surface area contributed by atoms with E-state index in [1.54, 1.807) is 22.7 Å². The first kappa shape index (κ1) is 16.0. The third-order valence-electron chi connectivity index (χ3n) is 2.93. The molecule has 0 bridgehead atoms. The van der Waals surface area contributed by atoms with E-state index in [2.05, 4.69) is 40.9 Å². The highest BCUT2D eigenvalue weighted by Gasteiger charge is 2.08. The topological polar surface area (TPSA) is 54.0 Å². The van der Waals surface area contributed by atoms with Gasteiger partial charge in [-0.2, -0.15) is 0 Å². The van der Waals surface area contributed by atoms with Gasteiger partial charge >= 0.3 is 0 Å². The molecule has 0 saturated carbocycles. The molecule has 0 spiro atoms. The molecule has 0 aliphatic heterocycles. The highest BCUT2D eigenvalue weighted by Crippen LogP contribution is 2.30. The molecule has 21 heavy (non-hydrogen) atoms. The first-order valence-corrected chi connectivity index (χ1v) is 8.77. The predicted molar refractivity (Wildman–Crippen MR) is 90.9 cm³/mol. The molecule has 2 rings (SSSR count). The maximum atomic E-state index is 10.9. The fourth-order valence-electron chi connectivity index (χ4n) is 1.76. The minimum atomic E-state index is -0.00440. The van der Waals surface area contributed by atoms with Crippen LogP contribution in [0.2, 0.25) is 0 Å². The molecule has 0 unspecified atom stereocenters. The molecule has 4 nitrogen and oxygen atoms in total. The Morgan fingerprint density at radius 3 is 2.90 bits per heavy atom. The van der Waals surface area contributed by atoms with E-state index in [0.717, 1.165) is 33.5 Å². The van der Waals surface area contributed by atoms with Crippen molar-refractivity contribution in [2.24, 2.45) is 5.92 Å². The summed E-state index contributed by atoms with van der Waals surface area (Å²) in [6.07, 6.45) is 1.15. The van der Waals surface area contributed by atoms with Crippen LogP contribution >= 0.6 is 22.7 Å². The van der Waals surface area contributed by atoms with E-state index >= 15 is 0 Å². The number of amides is 1. The molecule has 2 N–H and O–H groups in total. The number of nitrogens with zero attached hydrogens (tertiary/aromatic N) is 1. The summed E-state index contributed by atoms with van der Waals surface area (Å²) >= 11 is 3.31. The van der Waals surface area contributed by atoms with Gasteiger partial charge in [-0.3, -0.25) is 4.79 Å². The Morgan fingerprint density at radius 2 is 2.19 bits per heavy atom. The van der Waals surface area contributed by atoms with Crippen molar-refractivity contribution in [3.8, 4) is 10.6 Å². The van der Waals surface area contributed by atoms with Crippen LogP contribution < -0.4 is 10.6 Å². The Bertz CT molecular complexity index is 589. The van der Waals surface area contributed by atoms with Crippen LogP contribution in [0.3, 0.4) is 0 Å². The van der Waals surface area contributed by atoms with Crippen LogP contribution in [0.4, 0.5) is 5.13 Å². The van der Waals surface area contributed by atoms with Gasteiger partial charge in [0.15, 0.2) is 5.13 Å². The van der Waals surface area contributed by atoms with Crippen LogP contribution in [0.5, 0.6) is 0 Å². The van der Waals surface area contributed by atoms with E-state index in [1.165, 1.54) is 6.92 Å². The van der Waals surface area contributed by atoms with Gasteiger partial charge in [-0.1, -0.05) is 13.8 Å². The van der Waals surface area contributed by atoms with Crippen LogP contribution in [-0.4, -0.2) is 17.4 Å². The highest BCUT2D eigenvalue weighted by atomic mass is 32.1. The average Bonchev–Trinajstić information content (AvgIpc) is 3.04. The van der Waals surface area contributed by atoms with Crippen molar-refractivity contribution in [1.29, 1.82) is 0 Å². The van der Waals surface area contributed by atoms with E-state index < -0.39 is 0 Å². The number of hydrogen-bond donors (Lipinski definition) is 2. The second-order valence-electron chi connectivity index (χ2n) is 5.32. The third kappa shape index (κ3) is 5.13. The number of hydrogen-bond acceptors (Lipinski definition) is 5. The fraction of sp³-hybridized carbons (Fsp3) is 0.467. The van der Waals surface area contributed by atoms with Crippen LogP contribution in [0, 0.1) is 5.92 Å². The molecular weight excluding hydrogens is 302 g/mol. The molecule has 0 radical (unpaired) electrons. The van der Waals surface area contributed by atoms with Gasteiger partial charge in [-0.15, -0.1) is 22.7 Å². The van der Waals surface area contributed by atoms with E-state index in [1.807, 2.05) is 6.07 Å². The van der Waals surface area contributed by atoms with Gasteiger partial charge in [0.2, 0.25) is 5.91 Å². The Labute approximate surface area is 133 Å². The molecule has 114 valence electrons. The minimum absolute atomic E-state index is 0.00440. The Balaban J connectivity index is 1.93. The van der Waals surface area contributed by atoms with Gasteiger partial charge in [0, 0.05) is 23.7 Å². The Morgan fingerprint density at radius 1 is 1.38 bits per heavy atom. The zero-order chi connectivity index (χ0) is 15.2. The lowest BCUT2D eigenvalue weighted by atomic mass is 10.1. The third-order valence-corrected chi connectivity index (χ3v) is 4.84. The zero-order valence-electron chi connectivity index (χ0n) is 12.6. The van der Waals surface area contributed by atoms with Gasteiger partial charge < -0.3 is 10.6 Å². The number of rotatable bonds is 7. The van der Waals surface area contributed by atoms with E-state index in [0.29, 0.717) is 12.5 Å². The molecule has 0 aliphatic rings. The summed E-state index contributed by atoms with van der Waals surface area (Å²) in [6, 6.07) is 4.11. The first-order chi connectivity index (χ1) is 10.0. The second kappa shape index (κ2) is 7.56. The van der Waals surface area contributed by atoms with Crippen molar-refractivity contribution in [2.45, 2.75) is 33.7 Å². The van der Waals surface area contributed by atoms with Crippen LogP contribution in [0.25, 0.3) is 10.6 Å². The normalized spacial score (nSPS) is 10.9. The maximum Gasteiger partial charge on any atom is 0.217 e. The lowest BCUT2D eigenvalue weighted by Crippen LogP contribution is -2.17. The monoisotopic (exact) mass is 323 g/mol. The molecule has 6 heteroatoms. The quantitative estimate of drug-likeness (QED) is 0.811. The zero-order valence-corrected chi connectivity index (χ0v) is 14.2. The molecular formula is C15H21N3OS2. The molecule has 0 aromatic carbocycles. The number of carbonyl (C=O) groups excluding carboxylic acids is 1. The summed E-state index contributed by atoms with van der Waals surface area (Å²) < 4.78 is 0. The van der Waals surface area contributed by atoms with E-state index in [4.69, 9.17) is 0 Å². The molecule has 0 saturated heterocycles. The number of carbonyl (C=O) groups is 1. The predicted octanol–water partition coefficient (Wildman–Crippen LogP) is 3.97.